The second kappa shape index (κ2) is 4.87. The molecule has 0 aliphatic carbocycles. The van der Waals surface area contributed by atoms with Crippen LogP contribution in [0.15, 0.2) is 22.6 Å². The fourth-order valence-corrected chi connectivity index (χ4v) is 1.57. The normalized spacial score (nSPS) is 14.3. The molecule has 4 heteroatoms. The van der Waals surface area contributed by atoms with Crippen molar-refractivity contribution in [1.82, 2.24) is 0 Å². The summed E-state index contributed by atoms with van der Waals surface area (Å²) in [6.07, 6.45) is 1.54. The molecule has 0 aromatic heterocycles. The molecule has 1 aromatic carbocycles. The zero-order valence-corrected chi connectivity index (χ0v) is 10.8. The van der Waals surface area contributed by atoms with Crippen molar-refractivity contribution in [3.8, 4) is 0 Å². The van der Waals surface area contributed by atoms with Crippen molar-refractivity contribution in [3.63, 3.8) is 0 Å². The summed E-state index contributed by atoms with van der Waals surface area (Å²) in [5, 5.41) is 0. The minimum Gasteiger partial charge on any atom is -0.234 e. The van der Waals surface area contributed by atoms with Crippen molar-refractivity contribution in [3.05, 3.63) is 35.1 Å². The van der Waals surface area contributed by atoms with Crippen LogP contribution in [0.4, 0.5) is 4.39 Å². The standard InChI is InChI=1S/C12H16FNOS/c1-9-7-11(13)6-5-10(9)8-14-16(15)12(2,3)4/h5-8H,1-4H3/b14-8+/t16-/m1/s1. The van der Waals surface area contributed by atoms with Crippen molar-refractivity contribution in [1.29, 1.82) is 0 Å². The van der Waals surface area contributed by atoms with Gasteiger partial charge in [0.25, 0.3) is 0 Å². The van der Waals surface area contributed by atoms with Crippen LogP contribution in [0, 0.1) is 12.7 Å². The lowest BCUT2D eigenvalue weighted by molar-refractivity contribution is 0.626. The molecule has 1 atom stereocenters. The Labute approximate surface area is 98.2 Å². The molecule has 0 aliphatic rings. The van der Waals surface area contributed by atoms with Gasteiger partial charge in [-0.25, -0.2) is 8.60 Å². The number of halogens is 1. The number of nitrogens with zero attached hydrogens (tertiary/aromatic N) is 1. The van der Waals surface area contributed by atoms with Crippen molar-refractivity contribution in [2.24, 2.45) is 4.40 Å². The van der Waals surface area contributed by atoms with Gasteiger partial charge in [-0.3, -0.25) is 0 Å². The second-order valence-corrected chi connectivity index (χ2v) is 6.53. The van der Waals surface area contributed by atoms with Gasteiger partial charge in [-0.15, -0.1) is 0 Å². The van der Waals surface area contributed by atoms with Gasteiger partial charge in [-0.2, -0.15) is 4.40 Å². The molecule has 0 bridgehead atoms. The van der Waals surface area contributed by atoms with E-state index in [1.807, 2.05) is 20.8 Å². The summed E-state index contributed by atoms with van der Waals surface area (Å²) in [4.78, 5) is 0. The Morgan fingerprint density at radius 2 is 2.00 bits per heavy atom. The van der Waals surface area contributed by atoms with Gasteiger partial charge in [0.1, 0.15) is 16.8 Å². The molecule has 2 nitrogen and oxygen atoms in total. The van der Waals surface area contributed by atoms with E-state index >= 15 is 0 Å². The fraction of sp³-hybridized carbons (Fsp3) is 0.417. The third-order valence-electron chi connectivity index (χ3n) is 2.04. The number of benzene rings is 1. The van der Waals surface area contributed by atoms with Crippen molar-refractivity contribution in [2.75, 3.05) is 0 Å². The molecule has 16 heavy (non-hydrogen) atoms. The Morgan fingerprint density at radius 3 is 2.50 bits per heavy atom. The Kier molecular flexibility index (Phi) is 3.97. The van der Waals surface area contributed by atoms with Gasteiger partial charge in [0, 0.05) is 6.21 Å². The molecule has 1 rings (SSSR count). The topological polar surface area (TPSA) is 29.4 Å². The Morgan fingerprint density at radius 1 is 1.38 bits per heavy atom. The van der Waals surface area contributed by atoms with Crippen LogP contribution in [0.5, 0.6) is 0 Å². The van der Waals surface area contributed by atoms with Gasteiger partial charge < -0.3 is 0 Å². The molecule has 0 unspecified atom stereocenters. The molecule has 0 radical (unpaired) electrons. The maximum Gasteiger partial charge on any atom is 0.144 e. The number of hydrogen-bond donors (Lipinski definition) is 0. The Balaban J connectivity index is 2.89. The average molecular weight is 241 g/mol. The molecule has 0 aliphatic heterocycles. The van der Waals surface area contributed by atoms with Crippen LogP contribution < -0.4 is 0 Å². The summed E-state index contributed by atoms with van der Waals surface area (Å²) in [6.45, 7) is 7.37. The highest BCUT2D eigenvalue weighted by Crippen LogP contribution is 2.13. The van der Waals surface area contributed by atoms with E-state index in [4.69, 9.17) is 0 Å². The van der Waals surface area contributed by atoms with Gasteiger partial charge in [0.15, 0.2) is 0 Å². The zero-order valence-electron chi connectivity index (χ0n) is 9.95. The molecular formula is C12H16FNOS. The molecule has 0 saturated heterocycles. The lowest BCUT2D eigenvalue weighted by Gasteiger charge is -2.12. The molecule has 0 N–H and O–H groups in total. The SMILES string of the molecule is Cc1cc(F)ccc1/C=N/[S@](=O)C(C)(C)C. The first kappa shape index (κ1) is 13.0. The zero-order chi connectivity index (χ0) is 12.3. The molecule has 0 heterocycles. The highest BCUT2D eigenvalue weighted by Gasteiger charge is 2.18. The van der Waals surface area contributed by atoms with E-state index in [1.165, 1.54) is 18.3 Å². The maximum atomic E-state index is 12.8. The molecule has 88 valence electrons. The summed E-state index contributed by atoms with van der Waals surface area (Å²) in [5.74, 6) is -0.272. The van der Waals surface area contributed by atoms with Crippen LogP contribution in [0.3, 0.4) is 0 Å². The first-order valence-electron chi connectivity index (χ1n) is 5.03. The lowest BCUT2D eigenvalue weighted by Crippen LogP contribution is -2.19. The summed E-state index contributed by atoms with van der Waals surface area (Å²) < 4.78 is 28.1. The predicted octanol–water partition coefficient (Wildman–Crippen LogP) is 3.02. The third kappa shape index (κ3) is 3.52. The molecule has 1 aromatic rings. The van der Waals surface area contributed by atoms with E-state index in [0.29, 0.717) is 0 Å². The molecule has 0 saturated carbocycles. The summed E-state index contributed by atoms with van der Waals surface area (Å²) in [6, 6.07) is 4.43. The van der Waals surface area contributed by atoms with E-state index < -0.39 is 11.0 Å². The predicted molar refractivity (Wildman–Crippen MR) is 66.6 cm³/mol. The van der Waals surface area contributed by atoms with Crippen LogP contribution in [0.25, 0.3) is 0 Å². The van der Waals surface area contributed by atoms with E-state index in [-0.39, 0.29) is 10.6 Å². The van der Waals surface area contributed by atoms with Crippen LogP contribution in [0.1, 0.15) is 31.9 Å². The molecule has 0 spiro atoms. The van der Waals surface area contributed by atoms with Crippen LogP contribution >= 0.6 is 0 Å². The minimum absolute atomic E-state index is 0.272. The molecule has 0 amide bonds. The van der Waals surface area contributed by atoms with E-state index in [0.717, 1.165) is 11.1 Å². The van der Waals surface area contributed by atoms with Gasteiger partial charge in [0.05, 0.1) is 4.75 Å². The first-order chi connectivity index (χ1) is 7.30. The van der Waals surface area contributed by atoms with Crippen molar-refractivity contribution in [2.45, 2.75) is 32.4 Å². The Bertz CT molecular complexity index is 435. The van der Waals surface area contributed by atoms with Gasteiger partial charge in [0.2, 0.25) is 0 Å². The quantitative estimate of drug-likeness (QED) is 0.732. The first-order valence-corrected chi connectivity index (χ1v) is 6.13. The summed E-state index contributed by atoms with van der Waals surface area (Å²) in [7, 11) is -1.28. The second-order valence-electron chi connectivity index (χ2n) is 4.60. The highest BCUT2D eigenvalue weighted by atomic mass is 32.2. The van der Waals surface area contributed by atoms with E-state index in [9.17, 15) is 8.60 Å². The monoisotopic (exact) mass is 241 g/mol. The average Bonchev–Trinajstić information content (AvgIpc) is 2.14. The fourth-order valence-electron chi connectivity index (χ4n) is 1.05. The minimum atomic E-state index is -1.28. The van der Waals surface area contributed by atoms with Crippen molar-refractivity contribution < 1.29 is 8.60 Å². The van der Waals surface area contributed by atoms with Gasteiger partial charge >= 0.3 is 0 Å². The number of aryl methyl sites for hydroxylation is 1. The van der Waals surface area contributed by atoms with Crippen molar-refractivity contribution >= 4 is 17.2 Å². The Hall–Kier alpha value is -1.03. The third-order valence-corrected chi connectivity index (χ3v) is 3.39. The summed E-state index contributed by atoms with van der Waals surface area (Å²) >= 11 is 0. The lowest BCUT2D eigenvalue weighted by atomic mass is 10.1. The molecule has 0 fully saturated rings. The van der Waals surface area contributed by atoms with E-state index in [2.05, 4.69) is 4.40 Å². The van der Waals surface area contributed by atoms with Crippen LogP contribution in [-0.2, 0) is 11.0 Å². The summed E-state index contributed by atoms with van der Waals surface area (Å²) in [5.41, 5.74) is 1.58. The van der Waals surface area contributed by atoms with Crippen LogP contribution in [-0.4, -0.2) is 15.2 Å². The maximum absolute atomic E-state index is 12.8. The smallest absolute Gasteiger partial charge is 0.144 e. The van der Waals surface area contributed by atoms with Crippen LogP contribution in [0.2, 0.25) is 0 Å². The van der Waals surface area contributed by atoms with Gasteiger partial charge in [-0.05, 0) is 51.0 Å². The largest absolute Gasteiger partial charge is 0.234 e. The van der Waals surface area contributed by atoms with E-state index in [1.54, 1.807) is 13.0 Å². The number of hydrogen-bond acceptors (Lipinski definition) is 1. The highest BCUT2D eigenvalue weighted by molar-refractivity contribution is 7.85. The number of rotatable bonds is 2. The molecular weight excluding hydrogens is 225 g/mol. The van der Waals surface area contributed by atoms with Gasteiger partial charge in [-0.1, -0.05) is 6.07 Å².